The smallest absolute Gasteiger partial charge is 0.251 e. The fourth-order valence-corrected chi connectivity index (χ4v) is 3.83. The average Bonchev–Trinajstić information content (AvgIpc) is 3.34. The first-order valence-corrected chi connectivity index (χ1v) is 9.70. The Morgan fingerprint density at radius 2 is 1.71 bits per heavy atom. The third kappa shape index (κ3) is 3.91. The molecule has 0 spiro atoms. The third-order valence-corrected chi connectivity index (χ3v) is 5.31. The van der Waals surface area contributed by atoms with Crippen molar-refractivity contribution in [3.63, 3.8) is 0 Å². The molecule has 1 fully saturated rings. The van der Waals surface area contributed by atoms with Gasteiger partial charge in [0, 0.05) is 29.9 Å². The molecule has 144 valence electrons. The molecule has 1 heterocycles. The Morgan fingerprint density at radius 1 is 0.929 bits per heavy atom. The molecule has 0 atom stereocenters. The topological polar surface area (TPSA) is 78.5 Å². The fourth-order valence-electron chi connectivity index (χ4n) is 3.83. The van der Waals surface area contributed by atoms with E-state index in [-0.39, 0.29) is 24.3 Å². The van der Waals surface area contributed by atoms with Crippen LogP contribution in [0.3, 0.4) is 0 Å². The Labute approximate surface area is 163 Å². The van der Waals surface area contributed by atoms with E-state index in [1.54, 1.807) is 29.2 Å². The van der Waals surface area contributed by atoms with Crippen LogP contribution in [-0.4, -0.2) is 30.8 Å². The van der Waals surface area contributed by atoms with Crippen molar-refractivity contribution in [3.05, 3.63) is 59.2 Å². The van der Waals surface area contributed by atoms with Crippen LogP contribution in [0.2, 0.25) is 0 Å². The lowest BCUT2D eigenvalue weighted by atomic mass is 10.1. The number of amides is 3. The van der Waals surface area contributed by atoms with Crippen molar-refractivity contribution in [2.45, 2.75) is 32.1 Å². The summed E-state index contributed by atoms with van der Waals surface area (Å²) >= 11 is 0. The van der Waals surface area contributed by atoms with Gasteiger partial charge in [-0.15, -0.1) is 0 Å². The molecule has 3 amide bonds. The zero-order valence-corrected chi connectivity index (χ0v) is 15.7. The number of carbonyl (C=O) groups excluding carboxylic acids is 3. The molecule has 6 nitrogen and oxygen atoms in total. The van der Waals surface area contributed by atoms with Gasteiger partial charge in [-0.25, -0.2) is 0 Å². The molecule has 0 aromatic heterocycles. The highest BCUT2D eigenvalue weighted by atomic mass is 16.2. The molecule has 2 aliphatic rings. The molecule has 2 N–H and O–H groups in total. The number of hydrogen-bond acceptors (Lipinski definition) is 3. The van der Waals surface area contributed by atoms with Gasteiger partial charge in [-0.05, 0) is 73.2 Å². The first-order valence-electron chi connectivity index (χ1n) is 9.70. The zero-order valence-electron chi connectivity index (χ0n) is 15.7. The number of carbonyl (C=O) groups is 3. The van der Waals surface area contributed by atoms with E-state index in [4.69, 9.17) is 0 Å². The number of rotatable bonds is 5. The SMILES string of the molecule is O=C(CNC(=O)c1ccc(N2CCCC2=O)cc1)Nc1ccc2c(c1)CCC2. The Balaban J connectivity index is 1.30. The number of benzene rings is 2. The van der Waals surface area contributed by atoms with E-state index in [9.17, 15) is 14.4 Å². The minimum Gasteiger partial charge on any atom is -0.343 e. The molecular formula is C22H23N3O3. The molecule has 0 radical (unpaired) electrons. The maximum absolute atomic E-state index is 12.3. The average molecular weight is 377 g/mol. The van der Waals surface area contributed by atoms with E-state index in [1.807, 2.05) is 12.1 Å². The Morgan fingerprint density at radius 3 is 2.46 bits per heavy atom. The van der Waals surface area contributed by atoms with Crippen molar-refractivity contribution in [1.82, 2.24) is 5.32 Å². The van der Waals surface area contributed by atoms with Crippen LogP contribution in [0.5, 0.6) is 0 Å². The summed E-state index contributed by atoms with van der Waals surface area (Å²) in [7, 11) is 0. The number of hydrogen-bond donors (Lipinski definition) is 2. The van der Waals surface area contributed by atoms with Crippen LogP contribution in [-0.2, 0) is 22.4 Å². The lowest BCUT2D eigenvalue weighted by Gasteiger charge is -2.15. The standard InChI is InChI=1S/C22H23N3O3/c26-20(24-18-9-6-15-3-1-4-17(15)13-18)14-23-22(28)16-7-10-19(11-8-16)25-12-2-5-21(25)27/h6-11,13H,1-5,12,14H2,(H,23,28)(H,24,26). The van der Waals surface area contributed by atoms with Gasteiger partial charge in [0.2, 0.25) is 11.8 Å². The van der Waals surface area contributed by atoms with Crippen LogP contribution in [0.25, 0.3) is 0 Å². The van der Waals surface area contributed by atoms with Gasteiger partial charge in [0.25, 0.3) is 5.91 Å². The van der Waals surface area contributed by atoms with Crippen LogP contribution in [0, 0.1) is 0 Å². The van der Waals surface area contributed by atoms with Crippen molar-refractivity contribution in [2.75, 3.05) is 23.3 Å². The number of nitrogens with zero attached hydrogens (tertiary/aromatic N) is 1. The van der Waals surface area contributed by atoms with Crippen LogP contribution >= 0.6 is 0 Å². The molecule has 28 heavy (non-hydrogen) atoms. The van der Waals surface area contributed by atoms with E-state index < -0.39 is 0 Å². The van der Waals surface area contributed by atoms with Gasteiger partial charge < -0.3 is 15.5 Å². The van der Waals surface area contributed by atoms with Gasteiger partial charge in [0.15, 0.2) is 0 Å². The van der Waals surface area contributed by atoms with Gasteiger partial charge in [0.1, 0.15) is 0 Å². The predicted octanol–water partition coefficient (Wildman–Crippen LogP) is 2.67. The van der Waals surface area contributed by atoms with Crippen LogP contribution in [0.4, 0.5) is 11.4 Å². The zero-order chi connectivity index (χ0) is 19.5. The molecular weight excluding hydrogens is 354 g/mol. The maximum Gasteiger partial charge on any atom is 0.251 e. The Hall–Kier alpha value is -3.15. The number of aryl methyl sites for hydroxylation is 2. The van der Waals surface area contributed by atoms with Crippen LogP contribution in [0.1, 0.15) is 40.7 Å². The fraction of sp³-hybridized carbons (Fsp3) is 0.318. The summed E-state index contributed by atoms with van der Waals surface area (Å²) < 4.78 is 0. The summed E-state index contributed by atoms with van der Waals surface area (Å²) in [6.07, 6.45) is 4.74. The largest absolute Gasteiger partial charge is 0.343 e. The Bertz CT molecular complexity index is 921. The number of fused-ring (bicyclic) bond motifs is 1. The predicted molar refractivity (Wildman–Crippen MR) is 107 cm³/mol. The van der Waals surface area contributed by atoms with Crippen molar-refractivity contribution in [2.24, 2.45) is 0 Å². The number of anilines is 2. The highest BCUT2D eigenvalue weighted by molar-refractivity contribution is 6.00. The van der Waals surface area contributed by atoms with Gasteiger partial charge in [-0.1, -0.05) is 6.07 Å². The summed E-state index contributed by atoms with van der Waals surface area (Å²) in [6, 6.07) is 12.9. The van der Waals surface area contributed by atoms with E-state index in [1.165, 1.54) is 11.1 Å². The van der Waals surface area contributed by atoms with Crippen molar-refractivity contribution < 1.29 is 14.4 Å². The van der Waals surface area contributed by atoms with Gasteiger partial charge in [-0.3, -0.25) is 14.4 Å². The summed E-state index contributed by atoms with van der Waals surface area (Å²) in [4.78, 5) is 37.9. The molecule has 4 rings (SSSR count). The normalized spacial score (nSPS) is 15.4. The molecule has 0 unspecified atom stereocenters. The summed E-state index contributed by atoms with van der Waals surface area (Å²) in [5.41, 5.74) is 4.66. The van der Waals surface area contributed by atoms with Crippen LogP contribution in [0.15, 0.2) is 42.5 Å². The minimum absolute atomic E-state index is 0.0950. The van der Waals surface area contributed by atoms with Crippen molar-refractivity contribution in [3.8, 4) is 0 Å². The first kappa shape index (κ1) is 18.2. The lowest BCUT2D eigenvalue weighted by Crippen LogP contribution is -2.33. The minimum atomic E-state index is -0.316. The van der Waals surface area contributed by atoms with E-state index >= 15 is 0 Å². The molecule has 1 aliphatic heterocycles. The molecule has 0 bridgehead atoms. The highest BCUT2D eigenvalue weighted by Gasteiger charge is 2.21. The van der Waals surface area contributed by atoms with E-state index in [0.29, 0.717) is 18.5 Å². The number of nitrogens with one attached hydrogen (secondary N) is 2. The third-order valence-electron chi connectivity index (χ3n) is 5.31. The first-order chi connectivity index (χ1) is 13.6. The van der Waals surface area contributed by atoms with Gasteiger partial charge >= 0.3 is 0 Å². The lowest BCUT2D eigenvalue weighted by molar-refractivity contribution is -0.117. The second-order valence-corrected chi connectivity index (χ2v) is 7.26. The maximum atomic E-state index is 12.3. The summed E-state index contributed by atoms with van der Waals surface area (Å²) in [6.45, 7) is 0.621. The Kier molecular flexibility index (Phi) is 5.10. The van der Waals surface area contributed by atoms with Crippen molar-refractivity contribution >= 4 is 29.1 Å². The monoisotopic (exact) mass is 377 g/mol. The summed E-state index contributed by atoms with van der Waals surface area (Å²) in [5.74, 6) is -0.464. The second kappa shape index (κ2) is 7.84. The quantitative estimate of drug-likeness (QED) is 0.841. The van der Waals surface area contributed by atoms with E-state index in [0.717, 1.165) is 37.1 Å². The van der Waals surface area contributed by atoms with Gasteiger partial charge in [-0.2, -0.15) is 0 Å². The molecule has 6 heteroatoms. The van der Waals surface area contributed by atoms with Gasteiger partial charge in [0.05, 0.1) is 6.54 Å². The summed E-state index contributed by atoms with van der Waals surface area (Å²) in [5, 5.41) is 5.47. The highest BCUT2D eigenvalue weighted by Crippen LogP contribution is 2.25. The molecule has 1 saturated heterocycles. The molecule has 1 aliphatic carbocycles. The second-order valence-electron chi connectivity index (χ2n) is 7.26. The molecule has 2 aromatic carbocycles. The van der Waals surface area contributed by atoms with E-state index in [2.05, 4.69) is 16.7 Å². The van der Waals surface area contributed by atoms with Crippen LogP contribution < -0.4 is 15.5 Å². The van der Waals surface area contributed by atoms with Crippen molar-refractivity contribution in [1.29, 1.82) is 0 Å². The molecule has 0 saturated carbocycles. The molecule has 2 aromatic rings.